The van der Waals surface area contributed by atoms with Gasteiger partial charge >= 0.3 is 6.18 Å². The van der Waals surface area contributed by atoms with Gasteiger partial charge in [-0.2, -0.15) is 13.2 Å². The number of ether oxygens (including phenoxy) is 1. The Labute approximate surface area is 160 Å². The zero-order valence-corrected chi connectivity index (χ0v) is 15.8. The number of fused-ring (bicyclic) bond motifs is 1. The Balaban J connectivity index is 1.83. The van der Waals surface area contributed by atoms with Crippen molar-refractivity contribution in [1.29, 1.82) is 0 Å². The molecule has 0 radical (unpaired) electrons. The van der Waals surface area contributed by atoms with Crippen molar-refractivity contribution in [3.05, 3.63) is 66.4 Å². The van der Waals surface area contributed by atoms with Crippen LogP contribution in [-0.4, -0.2) is 31.5 Å². The van der Waals surface area contributed by atoms with Gasteiger partial charge in [0.15, 0.2) is 0 Å². The van der Waals surface area contributed by atoms with E-state index in [0.29, 0.717) is 24.1 Å². The van der Waals surface area contributed by atoms with Crippen LogP contribution in [0.3, 0.4) is 0 Å². The van der Waals surface area contributed by atoms with Crippen molar-refractivity contribution in [2.75, 3.05) is 6.26 Å². The van der Waals surface area contributed by atoms with E-state index in [1.165, 1.54) is 10.8 Å². The topological polar surface area (TPSA) is 60.3 Å². The molecular formula is C19H19F3N2O3S. The van der Waals surface area contributed by atoms with Crippen LogP contribution in [0, 0.1) is 0 Å². The molecule has 3 aromatic rings. The molecule has 0 saturated heterocycles. The number of nitrogens with zero attached hydrogens (tertiary/aromatic N) is 1. The number of hydrogen-bond donors (Lipinski definition) is 1. The van der Waals surface area contributed by atoms with Crippen LogP contribution in [-0.2, 0) is 23.2 Å². The summed E-state index contributed by atoms with van der Waals surface area (Å²) in [5.41, 5.74) is 1.49. The van der Waals surface area contributed by atoms with Gasteiger partial charge in [-0.1, -0.05) is 30.3 Å². The summed E-state index contributed by atoms with van der Waals surface area (Å²) >= 11 is 0. The van der Waals surface area contributed by atoms with Crippen LogP contribution >= 0.6 is 0 Å². The fourth-order valence-electron chi connectivity index (χ4n) is 2.82. The minimum Gasteiger partial charge on any atom is -0.489 e. The Morgan fingerprint density at radius 2 is 1.82 bits per heavy atom. The minimum absolute atomic E-state index is 0.327. The first-order valence-corrected chi connectivity index (χ1v) is 10.3. The van der Waals surface area contributed by atoms with Crippen molar-refractivity contribution in [2.45, 2.75) is 25.4 Å². The van der Waals surface area contributed by atoms with Crippen LogP contribution in [0.25, 0.3) is 10.9 Å². The van der Waals surface area contributed by atoms with Crippen molar-refractivity contribution >= 4 is 20.9 Å². The number of hydrogen-bond acceptors (Lipinski definition) is 3. The molecule has 1 atom stereocenters. The van der Waals surface area contributed by atoms with Gasteiger partial charge in [0.2, 0.25) is 10.0 Å². The third-order valence-electron chi connectivity index (χ3n) is 4.12. The lowest BCUT2D eigenvalue weighted by atomic mass is 10.2. The Morgan fingerprint density at radius 3 is 2.46 bits per heavy atom. The highest BCUT2D eigenvalue weighted by molar-refractivity contribution is 7.88. The summed E-state index contributed by atoms with van der Waals surface area (Å²) in [7, 11) is -4.02. The second-order valence-corrected chi connectivity index (χ2v) is 8.23. The van der Waals surface area contributed by atoms with Crippen LogP contribution in [0.15, 0.2) is 60.8 Å². The predicted octanol–water partition coefficient (Wildman–Crippen LogP) is 3.70. The number of rotatable bonds is 7. The molecule has 0 aliphatic carbocycles. The van der Waals surface area contributed by atoms with E-state index in [4.69, 9.17) is 4.74 Å². The van der Waals surface area contributed by atoms with Gasteiger partial charge in [0.1, 0.15) is 18.4 Å². The molecular weight excluding hydrogens is 393 g/mol. The van der Waals surface area contributed by atoms with Crippen molar-refractivity contribution in [1.82, 2.24) is 9.29 Å². The van der Waals surface area contributed by atoms with Crippen molar-refractivity contribution in [3.8, 4) is 5.75 Å². The average Bonchev–Trinajstić information content (AvgIpc) is 3.01. The van der Waals surface area contributed by atoms with Crippen molar-refractivity contribution < 1.29 is 26.3 Å². The molecule has 1 heterocycles. The summed E-state index contributed by atoms with van der Waals surface area (Å²) in [5.74, 6) is 0.510. The highest BCUT2D eigenvalue weighted by Crippen LogP contribution is 2.26. The van der Waals surface area contributed by atoms with Crippen LogP contribution in [0.2, 0.25) is 0 Å². The quantitative estimate of drug-likeness (QED) is 0.644. The van der Waals surface area contributed by atoms with Crippen molar-refractivity contribution in [3.63, 3.8) is 0 Å². The maximum atomic E-state index is 13.3. The molecule has 150 valence electrons. The predicted molar refractivity (Wildman–Crippen MR) is 101 cm³/mol. The smallest absolute Gasteiger partial charge is 0.406 e. The van der Waals surface area contributed by atoms with Gasteiger partial charge in [0, 0.05) is 18.8 Å². The molecule has 1 aromatic heterocycles. The van der Waals surface area contributed by atoms with E-state index in [0.717, 1.165) is 10.9 Å². The monoisotopic (exact) mass is 412 g/mol. The third-order valence-corrected chi connectivity index (χ3v) is 4.84. The summed E-state index contributed by atoms with van der Waals surface area (Å²) in [4.78, 5) is 0. The SMILES string of the molecule is CS(=O)(=O)NC(Cn1ccc2ccc(OCc3ccccc3)cc21)C(F)(F)F. The van der Waals surface area contributed by atoms with E-state index in [-0.39, 0.29) is 0 Å². The van der Waals surface area contributed by atoms with E-state index in [9.17, 15) is 21.6 Å². The van der Waals surface area contributed by atoms with E-state index in [1.807, 2.05) is 30.3 Å². The second-order valence-electron chi connectivity index (χ2n) is 6.45. The zero-order chi connectivity index (χ0) is 20.4. The lowest BCUT2D eigenvalue weighted by Crippen LogP contribution is -2.47. The van der Waals surface area contributed by atoms with Gasteiger partial charge in [0.25, 0.3) is 0 Å². The Bertz CT molecular complexity index is 1050. The van der Waals surface area contributed by atoms with Gasteiger partial charge in [-0.3, -0.25) is 0 Å². The summed E-state index contributed by atoms with van der Waals surface area (Å²) < 4.78 is 71.2. The van der Waals surface area contributed by atoms with Crippen LogP contribution in [0.5, 0.6) is 5.75 Å². The fraction of sp³-hybridized carbons (Fsp3) is 0.263. The minimum atomic E-state index is -4.72. The van der Waals surface area contributed by atoms with Crippen LogP contribution in [0.1, 0.15) is 5.56 Å². The van der Waals surface area contributed by atoms with Gasteiger partial charge in [0.05, 0.1) is 11.8 Å². The maximum absolute atomic E-state index is 13.3. The van der Waals surface area contributed by atoms with Crippen molar-refractivity contribution in [2.24, 2.45) is 0 Å². The standard InChI is InChI=1S/C19H19F3N2O3S/c1-28(25,26)23-18(19(20,21)22)12-24-10-9-15-7-8-16(11-17(15)24)27-13-14-5-3-2-4-6-14/h2-11,18,23H,12-13H2,1H3. The molecule has 0 amide bonds. The third kappa shape index (κ3) is 5.26. The molecule has 0 fully saturated rings. The molecule has 1 N–H and O–H groups in total. The van der Waals surface area contributed by atoms with Gasteiger partial charge in [-0.25, -0.2) is 13.1 Å². The molecule has 0 saturated carbocycles. The normalized spacial score (nSPS) is 13.6. The molecule has 0 aliphatic heterocycles. The highest BCUT2D eigenvalue weighted by atomic mass is 32.2. The van der Waals surface area contributed by atoms with Gasteiger partial charge < -0.3 is 9.30 Å². The van der Waals surface area contributed by atoms with E-state index < -0.39 is 28.8 Å². The number of nitrogens with one attached hydrogen (secondary N) is 1. The number of sulfonamides is 1. The van der Waals surface area contributed by atoms with Gasteiger partial charge in [-0.05, 0) is 29.1 Å². The Morgan fingerprint density at radius 1 is 1.11 bits per heavy atom. The van der Waals surface area contributed by atoms with Crippen LogP contribution < -0.4 is 9.46 Å². The summed E-state index contributed by atoms with van der Waals surface area (Å²) in [6.07, 6.45) is -2.52. The first-order valence-electron chi connectivity index (χ1n) is 8.41. The molecule has 0 bridgehead atoms. The highest BCUT2D eigenvalue weighted by Gasteiger charge is 2.41. The second kappa shape index (κ2) is 7.84. The molecule has 1 unspecified atom stereocenters. The fourth-order valence-corrected chi connectivity index (χ4v) is 3.54. The number of halogens is 3. The summed E-state index contributed by atoms with van der Waals surface area (Å²) in [5, 5.41) is 0.729. The summed E-state index contributed by atoms with van der Waals surface area (Å²) in [6.45, 7) is -0.254. The molecule has 5 nitrogen and oxygen atoms in total. The largest absolute Gasteiger partial charge is 0.489 e. The molecule has 28 heavy (non-hydrogen) atoms. The Kier molecular flexibility index (Phi) is 5.66. The van der Waals surface area contributed by atoms with E-state index in [1.54, 1.807) is 29.0 Å². The van der Waals surface area contributed by atoms with Crippen LogP contribution in [0.4, 0.5) is 13.2 Å². The zero-order valence-electron chi connectivity index (χ0n) is 15.0. The Hall–Kier alpha value is -2.52. The first-order chi connectivity index (χ1) is 13.1. The average molecular weight is 412 g/mol. The maximum Gasteiger partial charge on any atom is 0.406 e. The first kappa shape index (κ1) is 20.2. The molecule has 0 spiro atoms. The molecule has 9 heteroatoms. The van der Waals surface area contributed by atoms with Gasteiger partial charge in [-0.15, -0.1) is 0 Å². The van der Waals surface area contributed by atoms with E-state index >= 15 is 0 Å². The lowest BCUT2D eigenvalue weighted by Gasteiger charge is -2.21. The van der Waals surface area contributed by atoms with E-state index in [2.05, 4.69) is 0 Å². The molecule has 3 rings (SSSR count). The molecule has 0 aliphatic rings. The lowest BCUT2D eigenvalue weighted by molar-refractivity contribution is -0.153. The number of benzene rings is 2. The summed E-state index contributed by atoms with van der Waals surface area (Å²) in [6, 6.07) is 14.1. The number of alkyl halides is 3. The number of aromatic nitrogens is 1. The molecule has 2 aromatic carbocycles.